The van der Waals surface area contributed by atoms with Crippen molar-refractivity contribution >= 4 is 97.0 Å². The van der Waals surface area contributed by atoms with Crippen molar-refractivity contribution in [3.8, 4) is 33.4 Å². The van der Waals surface area contributed by atoms with Crippen LogP contribution in [0.4, 0.5) is 4.79 Å². The van der Waals surface area contributed by atoms with Gasteiger partial charge >= 0.3 is 6.09 Å². The molecule has 0 radical (unpaired) electrons. The second-order valence-corrected chi connectivity index (χ2v) is 26.1. The van der Waals surface area contributed by atoms with Crippen LogP contribution >= 0.6 is 46.4 Å². The van der Waals surface area contributed by atoms with E-state index in [0.717, 1.165) is 68.6 Å². The SMILES string of the molecule is CCOC(=O)N1CCCC(N(C)C(=O)c2cnc3cc(CN)c(-c4ccc(Cl)cc4Cl)cn23)C1.Cc1ccc(-c2cn3c(C(=O)N4CCOCC4)cnc3cc2CN)c(C)c1.NCc1cc2ncc(C(=O)N3CCS(=O)(=O)CC3)n2cc1-c1ccc(Cl)cc1Cl. The molecule has 3 aliphatic heterocycles. The first kappa shape index (κ1) is 65.3. The Morgan fingerprint density at radius 1 is 0.600 bits per heavy atom. The van der Waals surface area contributed by atoms with Gasteiger partial charge in [-0.2, -0.15) is 0 Å². The first-order chi connectivity index (χ1) is 43.2. The van der Waals surface area contributed by atoms with E-state index in [-0.39, 0.29) is 67.5 Å². The number of carbonyl (C=O) groups is 4. The molecule has 3 fully saturated rings. The van der Waals surface area contributed by atoms with Crippen molar-refractivity contribution in [1.29, 1.82) is 0 Å². The zero-order valence-corrected chi connectivity index (χ0v) is 54.0. The molecule has 3 saturated heterocycles. The minimum atomic E-state index is -3.08. The van der Waals surface area contributed by atoms with Crippen molar-refractivity contribution in [2.45, 2.75) is 59.3 Å². The molecule has 9 heterocycles. The van der Waals surface area contributed by atoms with Crippen LogP contribution in [0.2, 0.25) is 20.1 Å². The lowest BCUT2D eigenvalue weighted by Gasteiger charge is -2.36. The minimum absolute atomic E-state index is 0.0159. The summed E-state index contributed by atoms with van der Waals surface area (Å²) in [6, 6.07) is 22.4. The van der Waals surface area contributed by atoms with E-state index in [1.165, 1.54) is 22.2 Å². The van der Waals surface area contributed by atoms with Crippen LogP contribution in [-0.4, -0.2) is 164 Å². The first-order valence-electron chi connectivity index (χ1n) is 29.3. The lowest BCUT2D eigenvalue weighted by Crippen LogP contribution is -2.50. The molecule has 3 aliphatic rings. The van der Waals surface area contributed by atoms with Crippen LogP contribution < -0.4 is 17.2 Å². The van der Waals surface area contributed by atoms with E-state index < -0.39 is 9.84 Å². The number of aromatic nitrogens is 6. The van der Waals surface area contributed by atoms with Gasteiger partial charge in [0, 0.05) is 138 Å². The van der Waals surface area contributed by atoms with Gasteiger partial charge in [0.25, 0.3) is 17.7 Å². The lowest BCUT2D eigenvalue weighted by atomic mass is 9.96. The number of likely N-dealkylation sites (N-methyl/N-ethyl adjacent to an activating group) is 1. The number of fused-ring (bicyclic) bond motifs is 3. The van der Waals surface area contributed by atoms with Gasteiger partial charge in [0.1, 0.15) is 34.0 Å². The van der Waals surface area contributed by atoms with Crippen LogP contribution in [0.25, 0.3) is 50.3 Å². The largest absolute Gasteiger partial charge is 0.450 e. The zero-order valence-electron chi connectivity index (χ0n) is 50.2. The summed E-state index contributed by atoms with van der Waals surface area (Å²) in [6.45, 7) is 11.0. The van der Waals surface area contributed by atoms with Gasteiger partial charge < -0.3 is 46.3 Å². The summed E-state index contributed by atoms with van der Waals surface area (Å²) in [7, 11) is -1.32. The number of piperidine rings is 1. The van der Waals surface area contributed by atoms with E-state index in [4.69, 9.17) is 73.1 Å². The number of sulfone groups is 1. The van der Waals surface area contributed by atoms with Crippen molar-refractivity contribution in [1.82, 2.24) is 47.8 Å². The minimum Gasteiger partial charge on any atom is -0.450 e. The highest BCUT2D eigenvalue weighted by Crippen LogP contribution is 2.36. The quantitative estimate of drug-likeness (QED) is 0.109. The summed E-state index contributed by atoms with van der Waals surface area (Å²) in [5.74, 6) is -0.521. The predicted molar refractivity (Wildman–Crippen MR) is 350 cm³/mol. The second-order valence-electron chi connectivity index (χ2n) is 22.1. The van der Waals surface area contributed by atoms with Gasteiger partial charge in [0.05, 0.1) is 49.9 Å². The molecule has 0 saturated carbocycles. The van der Waals surface area contributed by atoms with Crippen LogP contribution in [0, 0.1) is 13.8 Å². The molecule has 12 rings (SSSR count). The Morgan fingerprint density at radius 3 is 1.52 bits per heavy atom. The molecule has 0 bridgehead atoms. The number of ether oxygens (including phenoxy) is 2. The fourth-order valence-corrected chi connectivity index (χ4v) is 13.7. The average molecular weight is 1320 g/mol. The van der Waals surface area contributed by atoms with Crippen LogP contribution in [0.15, 0.2) is 110 Å². The maximum atomic E-state index is 13.5. The number of imidazole rings is 3. The molecule has 0 spiro atoms. The number of pyridine rings is 3. The molecule has 0 aliphatic carbocycles. The van der Waals surface area contributed by atoms with Gasteiger partial charge in [-0.05, 0) is 104 Å². The van der Waals surface area contributed by atoms with Crippen LogP contribution in [0.3, 0.4) is 0 Å². The number of amides is 4. The molecule has 6 aromatic heterocycles. The van der Waals surface area contributed by atoms with Crippen molar-refractivity contribution in [2.75, 3.05) is 77.6 Å². The smallest absolute Gasteiger partial charge is 0.409 e. The Balaban J connectivity index is 0.000000150. The van der Waals surface area contributed by atoms with Gasteiger partial charge in [-0.15, -0.1) is 0 Å². The Hall–Kier alpha value is -7.64. The number of nitrogens with zero attached hydrogens (tertiary/aromatic N) is 10. The van der Waals surface area contributed by atoms with Crippen molar-refractivity contribution < 1.29 is 37.1 Å². The number of morpholine rings is 1. The molecule has 9 aromatic rings. The summed E-state index contributed by atoms with van der Waals surface area (Å²) in [4.78, 5) is 71.6. The molecule has 472 valence electrons. The summed E-state index contributed by atoms with van der Waals surface area (Å²) in [5.41, 5.74) is 31.6. The number of carbonyl (C=O) groups excluding carboxylic acids is 4. The average Bonchev–Trinajstić information content (AvgIpc) is 1.57. The van der Waals surface area contributed by atoms with E-state index in [1.54, 1.807) is 81.5 Å². The van der Waals surface area contributed by atoms with Crippen LogP contribution in [-0.2, 0) is 38.9 Å². The van der Waals surface area contributed by atoms with Gasteiger partial charge in [-0.25, -0.2) is 28.2 Å². The van der Waals surface area contributed by atoms with Gasteiger partial charge in [0.2, 0.25) is 0 Å². The van der Waals surface area contributed by atoms with Gasteiger partial charge in [-0.3, -0.25) is 27.6 Å². The fourth-order valence-electron chi connectivity index (χ4n) is 11.4. The molecule has 90 heavy (non-hydrogen) atoms. The van der Waals surface area contributed by atoms with Crippen LogP contribution in [0.1, 0.15) is 79.0 Å². The third kappa shape index (κ3) is 14.1. The Bertz CT molecular complexity index is 4310. The van der Waals surface area contributed by atoms with Crippen molar-refractivity contribution in [3.05, 3.63) is 175 Å². The molecule has 21 nitrogen and oxygen atoms in total. The van der Waals surface area contributed by atoms with E-state index in [9.17, 15) is 27.6 Å². The number of likely N-dealkylation sites (tertiary alicyclic amines) is 1. The van der Waals surface area contributed by atoms with Gasteiger partial charge in [0.15, 0.2) is 9.84 Å². The van der Waals surface area contributed by atoms with E-state index in [0.29, 0.717) is 101 Å². The number of hydrogen-bond donors (Lipinski definition) is 3. The molecule has 1 atom stereocenters. The number of hydrogen-bond acceptors (Lipinski definition) is 14. The Morgan fingerprint density at radius 2 is 1.06 bits per heavy atom. The number of aryl methyl sites for hydroxylation is 2. The highest BCUT2D eigenvalue weighted by Gasteiger charge is 2.32. The summed E-state index contributed by atoms with van der Waals surface area (Å²) in [5, 5.41) is 2.02. The number of nitrogens with two attached hydrogens (primary N) is 3. The van der Waals surface area contributed by atoms with Crippen LogP contribution in [0.5, 0.6) is 0 Å². The molecule has 6 N–H and O–H groups in total. The third-order valence-electron chi connectivity index (χ3n) is 16.4. The second kappa shape index (κ2) is 28.3. The molecule has 4 amide bonds. The number of rotatable bonds is 11. The highest BCUT2D eigenvalue weighted by molar-refractivity contribution is 7.91. The molecular formula is C64H69Cl4N13O8S. The molecule has 1 unspecified atom stereocenters. The normalized spacial score (nSPS) is 15.7. The van der Waals surface area contributed by atoms with E-state index >= 15 is 0 Å². The summed E-state index contributed by atoms with van der Waals surface area (Å²) >= 11 is 24.9. The Labute approximate surface area is 541 Å². The maximum Gasteiger partial charge on any atom is 0.409 e. The van der Waals surface area contributed by atoms with E-state index in [1.807, 2.05) is 46.0 Å². The summed E-state index contributed by atoms with van der Waals surface area (Å²) < 4.78 is 39.1. The number of benzene rings is 3. The molecule has 26 heteroatoms. The lowest BCUT2D eigenvalue weighted by molar-refractivity contribution is 0.0298. The molecular weight excluding hydrogens is 1250 g/mol. The highest BCUT2D eigenvalue weighted by atomic mass is 35.5. The predicted octanol–water partition coefficient (Wildman–Crippen LogP) is 9.65. The monoisotopic (exact) mass is 1320 g/mol. The zero-order chi connectivity index (χ0) is 64.1. The summed E-state index contributed by atoms with van der Waals surface area (Å²) in [6.07, 6.45) is 11.6. The standard InChI is InChI=1S/C24H27Cl2N5O3.C21H24N4O2.C19H18Cl2N4O3S/c1-3-34-24(33)30-8-4-5-17(13-30)29(2)23(32)21-12-28-22-9-15(11-27)19(14-31(21)22)18-7-6-16(25)10-20(18)26;1-14-3-4-17(15(2)9-14)18-13-25-19(12-23-20(25)10-16(18)11-22)21(26)24-5-7-27-8-6-24;20-13-1-2-14(16(21)8-13)15-11-25-17(10-23-18(25)7-12(15)9-22)19(26)24-3-5-29(27,28)6-4-24/h6-7,9-10,12,14,17H,3-5,8,11,13,27H2,1-2H3;3-4,9-10,12-13H,5-8,11,22H2,1-2H3;1-2,7-8,10-11H,3-6,9,22H2. The topological polar surface area (TPSA) is 264 Å². The first-order valence-corrected chi connectivity index (χ1v) is 32.7. The van der Waals surface area contributed by atoms with Gasteiger partial charge in [-0.1, -0.05) is 82.3 Å². The van der Waals surface area contributed by atoms with Crippen molar-refractivity contribution in [3.63, 3.8) is 0 Å². The molecule has 3 aromatic carbocycles. The third-order valence-corrected chi connectivity index (χ3v) is 19.1. The number of halogens is 4. The van der Waals surface area contributed by atoms with E-state index in [2.05, 4.69) is 47.0 Å². The van der Waals surface area contributed by atoms with Crippen molar-refractivity contribution in [2.24, 2.45) is 17.2 Å². The fraction of sp³-hybridized carbons (Fsp3) is 0.328. The Kier molecular flexibility index (Phi) is 20.5. The maximum absolute atomic E-state index is 13.5.